The van der Waals surface area contributed by atoms with Crippen LogP contribution < -0.4 is 0 Å². The molecule has 0 spiro atoms. The summed E-state index contributed by atoms with van der Waals surface area (Å²) in [6.45, 7) is 8.54. The summed E-state index contributed by atoms with van der Waals surface area (Å²) < 4.78 is 0. The number of likely N-dealkylation sites (N-methyl/N-ethyl adjacent to an activating group) is 1. The highest BCUT2D eigenvalue weighted by Gasteiger charge is 2.22. The molecule has 1 amide bonds. The molecular formula is C9H17ClN2O. The molecule has 4 heteroatoms. The predicted octanol–water partition coefficient (Wildman–Crippen LogP) is 0.778. The molecular weight excluding hydrogens is 188 g/mol. The Morgan fingerprint density at radius 1 is 1.38 bits per heavy atom. The number of carbonyl (C=O) groups excluding carboxylic acids is 1. The van der Waals surface area contributed by atoms with Crippen LogP contribution in [0, 0.1) is 0 Å². The smallest absolute Gasteiger partial charge is 0.240 e. The maximum atomic E-state index is 11.5. The fourth-order valence-electron chi connectivity index (χ4n) is 1.54. The van der Waals surface area contributed by atoms with E-state index in [2.05, 4.69) is 11.8 Å². The Labute approximate surface area is 84.6 Å². The van der Waals surface area contributed by atoms with Gasteiger partial charge in [0.05, 0.1) is 0 Å². The van der Waals surface area contributed by atoms with Gasteiger partial charge in [-0.15, -0.1) is 11.6 Å². The molecule has 1 aliphatic rings. The Kier molecular flexibility index (Phi) is 4.00. The predicted molar refractivity (Wildman–Crippen MR) is 54.0 cm³/mol. The Bertz CT molecular complexity index is 176. The molecule has 0 aliphatic carbocycles. The lowest BCUT2D eigenvalue weighted by Crippen LogP contribution is -2.50. The normalized spacial score (nSPS) is 21.6. The van der Waals surface area contributed by atoms with Gasteiger partial charge in [-0.3, -0.25) is 4.79 Å². The van der Waals surface area contributed by atoms with Gasteiger partial charge in [0.25, 0.3) is 0 Å². The summed E-state index contributed by atoms with van der Waals surface area (Å²) in [5.41, 5.74) is 0. The van der Waals surface area contributed by atoms with Gasteiger partial charge in [-0.2, -0.15) is 0 Å². The van der Waals surface area contributed by atoms with Gasteiger partial charge in [0.15, 0.2) is 0 Å². The van der Waals surface area contributed by atoms with Gasteiger partial charge >= 0.3 is 0 Å². The molecule has 0 aromatic heterocycles. The molecule has 76 valence electrons. The molecule has 1 aliphatic heterocycles. The number of carbonyl (C=O) groups is 1. The second-order valence-electron chi connectivity index (χ2n) is 3.38. The zero-order chi connectivity index (χ0) is 9.84. The van der Waals surface area contributed by atoms with Crippen molar-refractivity contribution in [3.63, 3.8) is 0 Å². The van der Waals surface area contributed by atoms with E-state index < -0.39 is 0 Å². The Hall–Kier alpha value is -0.280. The van der Waals surface area contributed by atoms with Crippen LogP contribution >= 0.6 is 11.6 Å². The van der Waals surface area contributed by atoms with Gasteiger partial charge < -0.3 is 9.80 Å². The molecule has 13 heavy (non-hydrogen) atoms. The van der Waals surface area contributed by atoms with Crippen LogP contribution in [0.2, 0.25) is 0 Å². The van der Waals surface area contributed by atoms with Crippen LogP contribution in [0.15, 0.2) is 0 Å². The summed E-state index contributed by atoms with van der Waals surface area (Å²) in [6.07, 6.45) is 0. The molecule has 1 atom stereocenters. The molecule has 0 saturated carbocycles. The lowest BCUT2D eigenvalue weighted by atomic mass is 10.3. The van der Waals surface area contributed by atoms with E-state index in [-0.39, 0.29) is 11.3 Å². The van der Waals surface area contributed by atoms with Crippen molar-refractivity contribution < 1.29 is 4.79 Å². The first-order chi connectivity index (χ1) is 6.15. The van der Waals surface area contributed by atoms with Gasteiger partial charge in [0.1, 0.15) is 5.38 Å². The van der Waals surface area contributed by atoms with Crippen molar-refractivity contribution >= 4 is 17.5 Å². The SMILES string of the molecule is CCN1CCN(C(=O)[C@@H](C)Cl)CC1. The molecule has 0 N–H and O–H groups in total. The van der Waals surface area contributed by atoms with E-state index >= 15 is 0 Å². The third kappa shape index (κ3) is 2.85. The van der Waals surface area contributed by atoms with E-state index in [1.54, 1.807) is 6.92 Å². The lowest BCUT2D eigenvalue weighted by molar-refractivity contribution is -0.132. The van der Waals surface area contributed by atoms with Crippen molar-refractivity contribution in [1.29, 1.82) is 0 Å². The molecule has 0 unspecified atom stereocenters. The number of amides is 1. The van der Waals surface area contributed by atoms with Crippen molar-refractivity contribution in [1.82, 2.24) is 9.80 Å². The van der Waals surface area contributed by atoms with Crippen LogP contribution in [0.25, 0.3) is 0 Å². The highest BCUT2D eigenvalue weighted by atomic mass is 35.5. The summed E-state index contributed by atoms with van der Waals surface area (Å²) in [5, 5.41) is -0.381. The highest BCUT2D eigenvalue weighted by Crippen LogP contribution is 2.06. The highest BCUT2D eigenvalue weighted by molar-refractivity contribution is 6.30. The summed E-state index contributed by atoms with van der Waals surface area (Å²) in [6, 6.07) is 0. The lowest BCUT2D eigenvalue weighted by Gasteiger charge is -2.34. The van der Waals surface area contributed by atoms with Crippen LogP contribution in [-0.4, -0.2) is 53.8 Å². The fourth-order valence-corrected chi connectivity index (χ4v) is 1.67. The number of nitrogens with zero attached hydrogens (tertiary/aromatic N) is 2. The number of piperazine rings is 1. The molecule has 0 bridgehead atoms. The third-order valence-electron chi connectivity index (χ3n) is 2.47. The van der Waals surface area contributed by atoms with E-state index in [1.165, 1.54) is 0 Å². The average molecular weight is 205 g/mol. The minimum absolute atomic E-state index is 0.0671. The van der Waals surface area contributed by atoms with E-state index in [1.807, 2.05) is 4.90 Å². The van der Waals surface area contributed by atoms with Crippen molar-refractivity contribution in [3.05, 3.63) is 0 Å². The van der Waals surface area contributed by atoms with Gasteiger partial charge in [-0.25, -0.2) is 0 Å². The summed E-state index contributed by atoms with van der Waals surface area (Å²) >= 11 is 5.73. The van der Waals surface area contributed by atoms with E-state index in [0.717, 1.165) is 32.7 Å². The van der Waals surface area contributed by atoms with Gasteiger partial charge in [0.2, 0.25) is 5.91 Å². The molecule has 0 aromatic rings. The van der Waals surface area contributed by atoms with Crippen LogP contribution in [0.5, 0.6) is 0 Å². The second-order valence-corrected chi connectivity index (χ2v) is 4.03. The Balaban J connectivity index is 2.36. The van der Waals surface area contributed by atoms with Gasteiger partial charge in [0, 0.05) is 26.2 Å². The van der Waals surface area contributed by atoms with Crippen LogP contribution in [0.3, 0.4) is 0 Å². The monoisotopic (exact) mass is 204 g/mol. The van der Waals surface area contributed by atoms with Crippen LogP contribution in [0.1, 0.15) is 13.8 Å². The first-order valence-corrected chi connectivity index (χ1v) is 5.24. The maximum absolute atomic E-state index is 11.5. The standard InChI is InChI=1S/C9H17ClN2O/c1-3-11-4-6-12(7-5-11)9(13)8(2)10/h8H,3-7H2,1-2H3/t8-/m1/s1. The second kappa shape index (κ2) is 4.82. The van der Waals surface area contributed by atoms with Gasteiger partial charge in [-0.1, -0.05) is 6.92 Å². The first kappa shape index (κ1) is 10.8. The van der Waals surface area contributed by atoms with Crippen molar-refractivity contribution in [2.75, 3.05) is 32.7 Å². The number of hydrogen-bond donors (Lipinski definition) is 0. The molecule has 0 radical (unpaired) electrons. The van der Waals surface area contributed by atoms with Crippen molar-refractivity contribution in [2.24, 2.45) is 0 Å². The molecule has 1 fully saturated rings. The van der Waals surface area contributed by atoms with E-state index in [9.17, 15) is 4.79 Å². The fraction of sp³-hybridized carbons (Fsp3) is 0.889. The first-order valence-electron chi connectivity index (χ1n) is 4.80. The Morgan fingerprint density at radius 3 is 2.31 bits per heavy atom. The molecule has 3 nitrogen and oxygen atoms in total. The number of hydrogen-bond acceptors (Lipinski definition) is 2. The minimum Gasteiger partial charge on any atom is -0.339 e. The number of halogens is 1. The number of alkyl halides is 1. The zero-order valence-electron chi connectivity index (χ0n) is 8.29. The van der Waals surface area contributed by atoms with Crippen molar-refractivity contribution in [3.8, 4) is 0 Å². The molecule has 1 saturated heterocycles. The molecule has 0 aromatic carbocycles. The van der Waals surface area contributed by atoms with E-state index in [0.29, 0.717) is 0 Å². The zero-order valence-corrected chi connectivity index (χ0v) is 9.05. The largest absolute Gasteiger partial charge is 0.339 e. The van der Waals surface area contributed by atoms with Crippen LogP contribution in [0.4, 0.5) is 0 Å². The Morgan fingerprint density at radius 2 is 1.92 bits per heavy atom. The quantitative estimate of drug-likeness (QED) is 0.621. The van der Waals surface area contributed by atoms with Gasteiger partial charge in [-0.05, 0) is 13.5 Å². The number of rotatable bonds is 2. The molecule has 1 rings (SSSR count). The van der Waals surface area contributed by atoms with Crippen LogP contribution in [-0.2, 0) is 4.79 Å². The van der Waals surface area contributed by atoms with E-state index in [4.69, 9.17) is 11.6 Å². The van der Waals surface area contributed by atoms with Crippen molar-refractivity contribution in [2.45, 2.75) is 19.2 Å². The third-order valence-corrected chi connectivity index (χ3v) is 2.66. The average Bonchev–Trinajstić information content (AvgIpc) is 2.17. The molecule has 1 heterocycles. The topological polar surface area (TPSA) is 23.6 Å². The summed E-state index contributed by atoms with van der Waals surface area (Å²) in [4.78, 5) is 15.7. The minimum atomic E-state index is -0.381. The summed E-state index contributed by atoms with van der Waals surface area (Å²) in [5.74, 6) is 0.0671. The maximum Gasteiger partial charge on any atom is 0.240 e. The summed E-state index contributed by atoms with van der Waals surface area (Å²) in [7, 11) is 0.